The van der Waals surface area contributed by atoms with Gasteiger partial charge in [0, 0.05) is 12.2 Å². The number of hydrogen-bond acceptors (Lipinski definition) is 4. The molecule has 37 heavy (non-hydrogen) atoms. The van der Waals surface area contributed by atoms with Crippen LogP contribution in [-0.4, -0.2) is 34.2 Å². The minimum atomic E-state index is -1.95. The molecule has 0 spiro atoms. The van der Waals surface area contributed by atoms with Crippen LogP contribution >= 0.6 is 0 Å². The highest BCUT2D eigenvalue weighted by molar-refractivity contribution is 6.74. The Balaban J connectivity index is 2.38. The van der Waals surface area contributed by atoms with Crippen molar-refractivity contribution in [3.8, 4) is 6.07 Å². The van der Waals surface area contributed by atoms with E-state index >= 15 is 0 Å². The van der Waals surface area contributed by atoms with Gasteiger partial charge in [0.15, 0.2) is 8.32 Å². The van der Waals surface area contributed by atoms with Crippen molar-refractivity contribution in [1.82, 2.24) is 0 Å². The summed E-state index contributed by atoms with van der Waals surface area (Å²) in [5.41, 5.74) is 0.602. The third-order valence-electron chi connectivity index (χ3n) is 7.58. The first-order valence-corrected chi connectivity index (χ1v) is 17.5. The van der Waals surface area contributed by atoms with Crippen LogP contribution in [-0.2, 0) is 20.5 Å². The highest BCUT2D eigenvalue weighted by Gasteiger charge is 2.37. The molecule has 212 valence electrons. The predicted molar refractivity (Wildman–Crippen MR) is 155 cm³/mol. The molecule has 0 aromatic heterocycles. The monoisotopic (exact) mass is 535 g/mol. The number of hydrogen-bond donors (Lipinski definition) is 0. The fourth-order valence-electron chi connectivity index (χ4n) is 3.93. The van der Waals surface area contributed by atoms with Crippen LogP contribution in [0.25, 0.3) is 0 Å². The molecule has 1 aromatic rings. The predicted octanol–water partition coefficient (Wildman–Crippen LogP) is 9.32. The summed E-state index contributed by atoms with van der Waals surface area (Å²) in [6.07, 6.45) is 15.5. The van der Waals surface area contributed by atoms with Crippen LogP contribution in [0.2, 0.25) is 18.1 Å². The molecule has 0 saturated heterocycles. The summed E-state index contributed by atoms with van der Waals surface area (Å²) in [6.45, 7) is 14.8. The first kappa shape index (κ1) is 33.8. The van der Waals surface area contributed by atoms with Crippen molar-refractivity contribution in [1.29, 1.82) is 5.26 Å². The molecule has 1 unspecified atom stereocenters. The van der Waals surface area contributed by atoms with Gasteiger partial charge in [0.25, 0.3) is 0 Å². The van der Waals surface area contributed by atoms with E-state index in [4.69, 9.17) is 13.9 Å². The standard InChI is InChI=1S/C31H54FNO3Si/c1-7-8-9-10-11-12-13-14-15-16-17-18-22-34-24-28(25-36-37(5,6)31(2,3)4)35-26-29-27(23-33)20-19-21-30(29)32/h19-21,28H,7-18,22,24-26H2,1-6H3. The van der Waals surface area contributed by atoms with E-state index < -0.39 is 14.1 Å². The molecule has 0 amide bonds. The van der Waals surface area contributed by atoms with E-state index in [0.29, 0.717) is 30.9 Å². The molecule has 0 saturated carbocycles. The van der Waals surface area contributed by atoms with E-state index in [9.17, 15) is 9.65 Å². The molecule has 4 nitrogen and oxygen atoms in total. The van der Waals surface area contributed by atoms with Gasteiger partial charge < -0.3 is 13.9 Å². The summed E-state index contributed by atoms with van der Waals surface area (Å²) in [6, 6.07) is 6.59. The van der Waals surface area contributed by atoms with Crippen LogP contribution in [0.5, 0.6) is 0 Å². The number of ether oxygens (including phenoxy) is 2. The van der Waals surface area contributed by atoms with Crippen molar-refractivity contribution in [2.24, 2.45) is 0 Å². The second-order valence-corrected chi connectivity index (χ2v) is 16.7. The summed E-state index contributed by atoms with van der Waals surface area (Å²) < 4.78 is 32.7. The van der Waals surface area contributed by atoms with Crippen LogP contribution in [0.15, 0.2) is 18.2 Å². The lowest BCUT2D eigenvalue weighted by Crippen LogP contribution is -2.43. The molecule has 0 N–H and O–H groups in total. The van der Waals surface area contributed by atoms with Gasteiger partial charge in [-0.3, -0.25) is 0 Å². The summed E-state index contributed by atoms with van der Waals surface area (Å²) >= 11 is 0. The molecule has 0 bridgehead atoms. The van der Waals surface area contributed by atoms with Gasteiger partial charge in [-0.1, -0.05) is 104 Å². The van der Waals surface area contributed by atoms with Gasteiger partial charge in [-0.2, -0.15) is 5.26 Å². The molecule has 0 aliphatic rings. The number of halogens is 1. The van der Waals surface area contributed by atoms with Gasteiger partial charge in [0.1, 0.15) is 11.9 Å². The molecule has 0 heterocycles. The van der Waals surface area contributed by atoms with Gasteiger partial charge in [-0.15, -0.1) is 0 Å². The summed E-state index contributed by atoms with van der Waals surface area (Å²) in [5.74, 6) is -0.416. The van der Waals surface area contributed by atoms with Crippen molar-refractivity contribution in [2.45, 2.75) is 136 Å². The average molecular weight is 536 g/mol. The number of nitriles is 1. The van der Waals surface area contributed by atoms with E-state index in [1.54, 1.807) is 12.1 Å². The maximum absolute atomic E-state index is 14.3. The molecular formula is C31H54FNO3Si. The van der Waals surface area contributed by atoms with Crippen molar-refractivity contribution in [3.63, 3.8) is 0 Å². The summed E-state index contributed by atoms with van der Waals surface area (Å²) in [4.78, 5) is 0. The largest absolute Gasteiger partial charge is 0.414 e. The Hall–Kier alpha value is -1.26. The van der Waals surface area contributed by atoms with Crippen LogP contribution in [0, 0.1) is 17.1 Å². The highest BCUT2D eigenvalue weighted by Crippen LogP contribution is 2.36. The lowest BCUT2D eigenvalue weighted by Gasteiger charge is -2.37. The Kier molecular flexibility index (Phi) is 17.2. The molecular weight excluding hydrogens is 481 g/mol. The number of benzene rings is 1. The Morgan fingerprint density at radius 1 is 0.892 bits per heavy atom. The van der Waals surface area contributed by atoms with Crippen LogP contribution in [0.3, 0.4) is 0 Å². The Labute approximate surface area is 228 Å². The maximum atomic E-state index is 14.3. The zero-order valence-electron chi connectivity index (χ0n) is 24.7. The van der Waals surface area contributed by atoms with Crippen molar-refractivity contribution in [3.05, 3.63) is 35.1 Å². The first-order chi connectivity index (χ1) is 17.6. The molecule has 1 atom stereocenters. The van der Waals surface area contributed by atoms with Gasteiger partial charge >= 0.3 is 0 Å². The minimum absolute atomic E-state index is 0.0308. The quantitative estimate of drug-likeness (QED) is 0.116. The summed E-state index contributed by atoms with van der Waals surface area (Å²) in [7, 11) is -1.95. The second kappa shape index (κ2) is 18.9. The van der Waals surface area contributed by atoms with E-state index in [2.05, 4.69) is 46.9 Å². The third kappa shape index (κ3) is 14.5. The minimum Gasteiger partial charge on any atom is -0.414 e. The van der Waals surface area contributed by atoms with E-state index in [1.807, 2.05) is 0 Å². The maximum Gasteiger partial charge on any atom is 0.192 e. The first-order valence-electron chi connectivity index (χ1n) is 14.6. The van der Waals surface area contributed by atoms with E-state index in [1.165, 1.54) is 76.7 Å². The van der Waals surface area contributed by atoms with Crippen molar-refractivity contribution >= 4 is 8.32 Å². The van der Waals surface area contributed by atoms with Crippen molar-refractivity contribution < 1.29 is 18.3 Å². The summed E-state index contributed by atoms with van der Waals surface area (Å²) in [5, 5.41) is 9.43. The highest BCUT2D eigenvalue weighted by atomic mass is 28.4. The molecule has 1 rings (SSSR count). The molecule has 6 heteroatoms. The fourth-order valence-corrected chi connectivity index (χ4v) is 4.97. The van der Waals surface area contributed by atoms with Crippen LogP contribution in [0.4, 0.5) is 4.39 Å². The normalized spacial score (nSPS) is 13.0. The van der Waals surface area contributed by atoms with E-state index in [-0.39, 0.29) is 17.7 Å². The van der Waals surface area contributed by atoms with E-state index in [0.717, 1.165) is 6.42 Å². The molecule has 0 aliphatic heterocycles. The third-order valence-corrected chi connectivity index (χ3v) is 12.1. The lowest BCUT2D eigenvalue weighted by atomic mass is 10.1. The zero-order valence-corrected chi connectivity index (χ0v) is 25.7. The zero-order chi connectivity index (χ0) is 27.6. The topological polar surface area (TPSA) is 51.5 Å². The van der Waals surface area contributed by atoms with Gasteiger partial charge in [0.2, 0.25) is 0 Å². The number of unbranched alkanes of at least 4 members (excludes halogenated alkanes) is 11. The number of nitrogens with zero attached hydrogens (tertiary/aromatic N) is 1. The fraction of sp³-hybridized carbons (Fsp3) is 0.774. The molecule has 0 radical (unpaired) electrons. The van der Waals surface area contributed by atoms with Gasteiger partial charge in [0.05, 0.1) is 31.5 Å². The molecule has 1 aromatic carbocycles. The van der Waals surface area contributed by atoms with Crippen molar-refractivity contribution in [2.75, 3.05) is 19.8 Å². The lowest BCUT2D eigenvalue weighted by molar-refractivity contribution is -0.0483. The van der Waals surface area contributed by atoms with Crippen LogP contribution < -0.4 is 0 Å². The smallest absolute Gasteiger partial charge is 0.192 e. The SMILES string of the molecule is CCCCCCCCCCCCCCOCC(CO[Si](C)(C)C(C)(C)C)OCc1c(F)cccc1C#N. The molecule has 0 aliphatic carbocycles. The number of rotatable bonds is 21. The Bertz CT molecular complexity index is 773. The van der Waals surface area contributed by atoms with Crippen LogP contribution in [0.1, 0.15) is 116 Å². The average Bonchev–Trinajstić information content (AvgIpc) is 2.85. The Morgan fingerprint density at radius 3 is 2.00 bits per heavy atom. The second-order valence-electron chi connectivity index (χ2n) is 11.8. The Morgan fingerprint density at radius 2 is 1.46 bits per heavy atom. The van der Waals surface area contributed by atoms with Gasteiger partial charge in [-0.25, -0.2) is 4.39 Å². The van der Waals surface area contributed by atoms with Gasteiger partial charge in [-0.05, 0) is 36.7 Å². The molecule has 0 fully saturated rings.